The molecule has 2 aliphatic heterocycles. The van der Waals surface area contributed by atoms with Crippen LogP contribution in [0.25, 0.3) is 0 Å². The number of aryl methyl sites for hydroxylation is 1. The molecule has 130 valence electrons. The van der Waals surface area contributed by atoms with Gasteiger partial charge in [-0.3, -0.25) is 9.80 Å². The lowest BCUT2D eigenvalue weighted by atomic mass is 9.80. The number of ether oxygens (including phenoxy) is 1. The van der Waals surface area contributed by atoms with Gasteiger partial charge in [0.1, 0.15) is 5.60 Å². The van der Waals surface area contributed by atoms with Crippen LogP contribution in [0.3, 0.4) is 0 Å². The number of benzene rings is 1. The van der Waals surface area contributed by atoms with Crippen molar-refractivity contribution >= 4 is 6.09 Å². The van der Waals surface area contributed by atoms with Crippen molar-refractivity contribution < 1.29 is 9.53 Å². The number of piperazine rings is 1. The molecule has 0 N–H and O–H groups in total. The molecule has 0 spiro atoms. The second-order valence-electron chi connectivity index (χ2n) is 8.42. The molecule has 1 aromatic rings. The van der Waals surface area contributed by atoms with E-state index in [1.165, 1.54) is 30.5 Å². The molecule has 1 aromatic carbocycles. The molecule has 24 heavy (non-hydrogen) atoms. The predicted molar refractivity (Wildman–Crippen MR) is 94.0 cm³/mol. The zero-order chi connectivity index (χ0) is 16.9. The molecule has 1 aliphatic carbocycles. The molecule has 2 saturated heterocycles. The summed E-state index contributed by atoms with van der Waals surface area (Å²) in [5.41, 5.74) is 2.27. The van der Waals surface area contributed by atoms with Gasteiger partial charge in [0.15, 0.2) is 0 Å². The highest BCUT2D eigenvalue weighted by Gasteiger charge is 2.48. The first kappa shape index (κ1) is 15.9. The number of carbonyl (C=O) groups is 1. The molecule has 3 atom stereocenters. The van der Waals surface area contributed by atoms with Gasteiger partial charge in [-0.2, -0.15) is 0 Å². The molecule has 0 unspecified atom stereocenters. The van der Waals surface area contributed by atoms with Crippen LogP contribution in [0.5, 0.6) is 0 Å². The quantitative estimate of drug-likeness (QED) is 0.727. The van der Waals surface area contributed by atoms with E-state index in [1.54, 1.807) is 0 Å². The Morgan fingerprint density at radius 3 is 2.79 bits per heavy atom. The van der Waals surface area contributed by atoms with E-state index in [2.05, 4.69) is 29.2 Å². The minimum Gasteiger partial charge on any atom is -0.444 e. The number of nitrogens with zero attached hydrogens (tertiary/aromatic N) is 2. The summed E-state index contributed by atoms with van der Waals surface area (Å²) in [6.07, 6.45) is 4.54. The minimum atomic E-state index is -0.451. The molecule has 0 bridgehead atoms. The van der Waals surface area contributed by atoms with E-state index >= 15 is 0 Å². The lowest BCUT2D eigenvalue weighted by Gasteiger charge is -2.51. The summed E-state index contributed by atoms with van der Waals surface area (Å²) >= 11 is 0. The van der Waals surface area contributed by atoms with E-state index < -0.39 is 5.60 Å². The number of hydrogen-bond donors (Lipinski definition) is 0. The molecule has 2 heterocycles. The van der Waals surface area contributed by atoms with Crippen LogP contribution in [0.1, 0.15) is 57.2 Å². The van der Waals surface area contributed by atoms with Crippen molar-refractivity contribution in [3.05, 3.63) is 35.4 Å². The number of amides is 1. The first-order valence-corrected chi connectivity index (χ1v) is 9.27. The molecular weight excluding hydrogens is 300 g/mol. The van der Waals surface area contributed by atoms with Crippen molar-refractivity contribution in [3.8, 4) is 0 Å². The Hall–Kier alpha value is -1.55. The van der Waals surface area contributed by atoms with Crippen molar-refractivity contribution in [1.82, 2.24) is 9.80 Å². The molecule has 4 nitrogen and oxygen atoms in total. The molecule has 3 aliphatic rings. The van der Waals surface area contributed by atoms with Crippen molar-refractivity contribution in [2.45, 2.75) is 70.2 Å². The Balaban J connectivity index is 1.71. The van der Waals surface area contributed by atoms with E-state index in [-0.39, 0.29) is 12.1 Å². The predicted octanol–water partition coefficient (Wildman–Crippen LogP) is 3.76. The molecule has 0 aromatic heterocycles. The standard InChI is InChI=1S/C20H28N2O2/c1-20(2,3)24-19(23)22-13-15-8-6-12-21(15)17-11-10-14-7-4-5-9-16(14)18(17)22/h4-5,7,9,15,17-18H,6,8,10-13H2,1-3H3/t15-,17-,18-/m0/s1. The SMILES string of the molecule is CC(C)(C)OC(=O)N1C[C@@H]2CCCN2[C@H]2CCc3ccccc3[C@@H]21. The van der Waals surface area contributed by atoms with E-state index in [0.717, 1.165) is 19.4 Å². The van der Waals surface area contributed by atoms with Crippen molar-refractivity contribution in [3.63, 3.8) is 0 Å². The van der Waals surface area contributed by atoms with Crippen LogP contribution in [-0.2, 0) is 11.2 Å². The van der Waals surface area contributed by atoms with E-state index in [9.17, 15) is 4.79 Å². The fourth-order valence-electron chi connectivity index (χ4n) is 4.78. The van der Waals surface area contributed by atoms with Gasteiger partial charge < -0.3 is 4.74 Å². The molecule has 2 fully saturated rings. The Bertz CT molecular complexity index is 637. The molecule has 0 saturated carbocycles. The molecule has 4 heteroatoms. The Morgan fingerprint density at radius 2 is 2.00 bits per heavy atom. The Labute approximate surface area is 144 Å². The molecule has 0 radical (unpaired) electrons. The fraction of sp³-hybridized carbons (Fsp3) is 0.650. The summed E-state index contributed by atoms with van der Waals surface area (Å²) in [5, 5.41) is 0. The third-order valence-corrected chi connectivity index (χ3v) is 5.67. The highest BCUT2D eigenvalue weighted by atomic mass is 16.6. The maximum Gasteiger partial charge on any atom is 0.410 e. The van der Waals surface area contributed by atoms with Gasteiger partial charge in [-0.15, -0.1) is 0 Å². The largest absolute Gasteiger partial charge is 0.444 e. The smallest absolute Gasteiger partial charge is 0.410 e. The molecule has 1 amide bonds. The monoisotopic (exact) mass is 328 g/mol. The van der Waals surface area contributed by atoms with Gasteiger partial charge in [-0.05, 0) is 64.1 Å². The first-order chi connectivity index (χ1) is 11.4. The van der Waals surface area contributed by atoms with Gasteiger partial charge in [0, 0.05) is 18.6 Å². The average molecular weight is 328 g/mol. The summed E-state index contributed by atoms with van der Waals surface area (Å²) in [6.45, 7) is 7.82. The Morgan fingerprint density at radius 1 is 1.21 bits per heavy atom. The Kier molecular flexibility index (Phi) is 3.83. The summed E-state index contributed by atoms with van der Waals surface area (Å²) in [7, 11) is 0. The second kappa shape index (κ2) is 5.76. The van der Waals surface area contributed by atoms with Gasteiger partial charge in [0.2, 0.25) is 0 Å². The van der Waals surface area contributed by atoms with Crippen LogP contribution in [0, 0.1) is 0 Å². The minimum absolute atomic E-state index is 0.138. The van der Waals surface area contributed by atoms with E-state index in [4.69, 9.17) is 4.74 Å². The van der Waals surface area contributed by atoms with Crippen molar-refractivity contribution in [2.75, 3.05) is 13.1 Å². The van der Waals surface area contributed by atoms with Crippen LogP contribution in [0.4, 0.5) is 4.79 Å². The third kappa shape index (κ3) is 2.71. The zero-order valence-electron chi connectivity index (χ0n) is 15.0. The maximum absolute atomic E-state index is 13.0. The van der Waals surface area contributed by atoms with Crippen LogP contribution in [-0.4, -0.2) is 46.7 Å². The first-order valence-electron chi connectivity index (χ1n) is 9.27. The zero-order valence-corrected chi connectivity index (χ0v) is 15.0. The lowest BCUT2D eigenvalue weighted by Crippen LogP contribution is -2.60. The van der Waals surface area contributed by atoms with Gasteiger partial charge >= 0.3 is 6.09 Å². The fourth-order valence-corrected chi connectivity index (χ4v) is 4.78. The highest BCUT2D eigenvalue weighted by molar-refractivity contribution is 5.69. The van der Waals surface area contributed by atoms with Gasteiger partial charge in [-0.1, -0.05) is 24.3 Å². The number of carbonyl (C=O) groups excluding carboxylic acids is 1. The summed E-state index contributed by atoms with van der Waals surface area (Å²) in [4.78, 5) is 17.6. The third-order valence-electron chi connectivity index (χ3n) is 5.67. The summed E-state index contributed by atoms with van der Waals surface area (Å²) in [6, 6.07) is 9.72. The number of hydrogen-bond acceptors (Lipinski definition) is 3. The van der Waals surface area contributed by atoms with Gasteiger partial charge in [0.05, 0.1) is 6.04 Å². The van der Waals surface area contributed by atoms with E-state index in [0.29, 0.717) is 12.1 Å². The van der Waals surface area contributed by atoms with Crippen LogP contribution < -0.4 is 0 Å². The summed E-state index contributed by atoms with van der Waals surface area (Å²) in [5.74, 6) is 0. The average Bonchev–Trinajstić information content (AvgIpc) is 3.00. The van der Waals surface area contributed by atoms with Gasteiger partial charge in [0.25, 0.3) is 0 Å². The van der Waals surface area contributed by atoms with Crippen LogP contribution in [0.2, 0.25) is 0 Å². The maximum atomic E-state index is 13.0. The summed E-state index contributed by atoms with van der Waals surface area (Å²) < 4.78 is 5.76. The number of rotatable bonds is 0. The topological polar surface area (TPSA) is 32.8 Å². The van der Waals surface area contributed by atoms with Crippen molar-refractivity contribution in [1.29, 1.82) is 0 Å². The second-order valence-corrected chi connectivity index (χ2v) is 8.42. The van der Waals surface area contributed by atoms with E-state index in [1.807, 2.05) is 25.7 Å². The lowest BCUT2D eigenvalue weighted by molar-refractivity contribution is -0.0359. The number of fused-ring (bicyclic) bond motifs is 5. The normalized spacial score (nSPS) is 29.6. The van der Waals surface area contributed by atoms with Crippen LogP contribution >= 0.6 is 0 Å². The van der Waals surface area contributed by atoms with Crippen LogP contribution in [0.15, 0.2) is 24.3 Å². The molecule has 4 rings (SSSR count). The molecular formula is C20H28N2O2. The van der Waals surface area contributed by atoms with Gasteiger partial charge in [-0.25, -0.2) is 4.79 Å². The van der Waals surface area contributed by atoms with Crippen molar-refractivity contribution in [2.24, 2.45) is 0 Å². The highest BCUT2D eigenvalue weighted by Crippen LogP contribution is 2.44.